The fraction of sp³-hybridized carbons (Fsp3) is 0.407. The van der Waals surface area contributed by atoms with Crippen molar-refractivity contribution < 1.29 is 13.2 Å². The number of sulfonamides is 1. The zero-order chi connectivity index (χ0) is 24.4. The zero-order valence-electron chi connectivity index (χ0n) is 20.1. The first kappa shape index (κ1) is 23.8. The van der Waals surface area contributed by atoms with Crippen LogP contribution in [0.3, 0.4) is 0 Å². The number of hydrogen-bond donors (Lipinski definition) is 1. The van der Waals surface area contributed by atoms with Crippen LogP contribution < -0.4 is 10.2 Å². The fourth-order valence-corrected chi connectivity index (χ4v) is 6.61. The second kappa shape index (κ2) is 9.95. The lowest BCUT2D eigenvalue weighted by Crippen LogP contribution is -2.43. The van der Waals surface area contributed by atoms with Gasteiger partial charge in [-0.1, -0.05) is 29.8 Å². The Balaban J connectivity index is 1.27. The molecule has 5 rings (SSSR count). The van der Waals surface area contributed by atoms with Crippen LogP contribution >= 0.6 is 0 Å². The summed E-state index contributed by atoms with van der Waals surface area (Å²) in [5.74, 6) is 0.816. The van der Waals surface area contributed by atoms with Crippen molar-refractivity contribution in [2.45, 2.75) is 44.0 Å². The van der Waals surface area contributed by atoms with Gasteiger partial charge in [-0.25, -0.2) is 13.4 Å². The molecule has 2 aliphatic rings. The van der Waals surface area contributed by atoms with Crippen LogP contribution in [0.4, 0.5) is 5.82 Å². The van der Waals surface area contributed by atoms with Gasteiger partial charge < -0.3 is 10.2 Å². The van der Waals surface area contributed by atoms with Crippen LogP contribution in [0, 0.1) is 12.8 Å². The highest BCUT2D eigenvalue weighted by atomic mass is 32.2. The molecule has 2 aromatic carbocycles. The predicted octanol–water partition coefficient (Wildman–Crippen LogP) is 3.86. The molecule has 8 heteroatoms. The quantitative estimate of drug-likeness (QED) is 0.565. The third-order valence-corrected chi connectivity index (χ3v) is 8.91. The largest absolute Gasteiger partial charge is 0.356 e. The molecule has 2 saturated heterocycles. The van der Waals surface area contributed by atoms with E-state index in [1.54, 1.807) is 22.5 Å². The van der Waals surface area contributed by atoms with Gasteiger partial charge in [-0.05, 0) is 68.5 Å². The molecule has 184 valence electrons. The Hall–Kier alpha value is -2.97. The van der Waals surface area contributed by atoms with E-state index in [2.05, 4.69) is 16.3 Å². The Kier molecular flexibility index (Phi) is 6.75. The molecule has 1 atom stereocenters. The molecular formula is C27H32N4O3S. The summed E-state index contributed by atoms with van der Waals surface area (Å²) in [7, 11) is -3.45. The summed E-state index contributed by atoms with van der Waals surface area (Å²) < 4.78 is 27.4. The summed E-state index contributed by atoms with van der Waals surface area (Å²) in [6.07, 6.45) is 3.62. The van der Waals surface area contributed by atoms with Crippen LogP contribution in [-0.4, -0.2) is 49.8 Å². The van der Waals surface area contributed by atoms with Crippen LogP contribution in [0.15, 0.2) is 59.5 Å². The summed E-state index contributed by atoms with van der Waals surface area (Å²) >= 11 is 0. The minimum absolute atomic E-state index is 0.0776. The average Bonchev–Trinajstić information content (AvgIpc) is 3.43. The van der Waals surface area contributed by atoms with Crippen molar-refractivity contribution >= 4 is 32.7 Å². The lowest BCUT2D eigenvalue weighted by Gasteiger charge is -2.33. The van der Waals surface area contributed by atoms with Gasteiger partial charge in [0.2, 0.25) is 15.9 Å². The minimum Gasteiger partial charge on any atom is -0.356 e. The molecule has 1 amide bonds. The highest BCUT2D eigenvalue weighted by molar-refractivity contribution is 7.89. The third kappa shape index (κ3) is 5.18. The topological polar surface area (TPSA) is 82.6 Å². The van der Waals surface area contributed by atoms with Crippen molar-refractivity contribution in [2.75, 3.05) is 31.1 Å². The lowest BCUT2D eigenvalue weighted by atomic mass is 9.97. The van der Waals surface area contributed by atoms with Gasteiger partial charge in [0.15, 0.2) is 0 Å². The number of anilines is 1. The van der Waals surface area contributed by atoms with Gasteiger partial charge in [-0.3, -0.25) is 4.79 Å². The molecular weight excluding hydrogens is 460 g/mol. The third-order valence-electron chi connectivity index (χ3n) is 7.01. The monoisotopic (exact) mass is 492 g/mol. The van der Waals surface area contributed by atoms with Crippen LogP contribution in [0.25, 0.3) is 10.9 Å². The van der Waals surface area contributed by atoms with Crippen molar-refractivity contribution in [1.29, 1.82) is 0 Å². The molecule has 2 fully saturated rings. The summed E-state index contributed by atoms with van der Waals surface area (Å²) in [6.45, 7) is 5.24. The van der Waals surface area contributed by atoms with E-state index >= 15 is 0 Å². The second-order valence-corrected chi connectivity index (χ2v) is 11.6. The van der Waals surface area contributed by atoms with Crippen molar-refractivity contribution in [3.63, 3.8) is 0 Å². The Labute approximate surface area is 207 Å². The Morgan fingerprint density at radius 2 is 1.86 bits per heavy atom. The molecule has 0 aliphatic carbocycles. The molecule has 35 heavy (non-hydrogen) atoms. The average molecular weight is 493 g/mol. The van der Waals surface area contributed by atoms with Gasteiger partial charge in [0.1, 0.15) is 5.82 Å². The number of fused-ring (bicyclic) bond motifs is 1. The van der Waals surface area contributed by atoms with Crippen molar-refractivity contribution in [2.24, 2.45) is 5.92 Å². The molecule has 0 bridgehead atoms. The maximum Gasteiger partial charge on any atom is 0.243 e. The first-order chi connectivity index (χ1) is 16.9. The van der Waals surface area contributed by atoms with E-state index in [-0.39, 0.29) is 11.8 Å². The first-order valence-electron chi connectivity index (χ1n) is 12.4. The van der Waals surface area contributed by atoms with Crippen LogP contribution in [0.1, 0.15) is 36.8 Å². The number of carbonyl (C=O) groups is 1. The van der Waals surface area contributed by atoms with E-state index in [4.69, 9.17) is 4.98 Å². The number of nitrogens with zero attached hydrogens (tertiary/aromatic N) is 3. The van der Waals surface area contributed by atoms with Gasteiger partial charge in [0.05, 0.1) is 16.3 Å². The molecule has 1 N–H and O–H groups in total. The highest BCUT2D eigenvalue weighted by Gasteiger charge is 2.28. The number of piperidine rings is 1. The number of amides is 1. The number of hydrogen-bond acceptors (Lipinski definition) is 5. The smallest absolute Gasteiger partial charge is 0.243 e. The van der Waals surface area contributed by atoms with Crippen molar-refractivity contribution in [3.8, 4) is 0 Å². The number of rotatable bonds is 6. The van der Waals surface area contributed by atoms with Gasteiger partial charge in [0, 0.05) is 38.1 Å². The summed E-state index contributed by atoms with van der Waals surface area (Å²) in [5, 5.41) is 3.90. The highest BCUT2D eigenvalue weighted by Crippen LogP contribution is 2.27. The number of aromatic nitrogens is 1. The number of benzene rings is 2. The molecule has 0 saturated carbocycles. The summed E-state index contributed by atoms with van der Waals surface area (Å²) in [6, 6.07) is 17.2. The zero-order valence-corrected chi connectivity index (χ0v) is 20.9. The molecule has 7 nitrogen and oxygen atoms in total. The van der Waals surface area contributed by atoms with E-state index in [9.17, 15) is 13.2 Å². The first-order valence-corrected chi connectivity index (χ1v) is 13.8. The Bertz CT molecular complexity index is 1340. The van der Waals surface area contributed by atoms with E-state index in [1.807, 2.05) is 37.3 Å². The van der Waals surface area contributed by atoms with E-state index in [0.717, 1.165) is 54.5 Å². The number of carbonyl (C=O) groups excluding carboxylic acids is 1. The molecule has 1 aromatic heterocycles. The maximum absolute atomic E-state index is 12.9. The van der Waals surface area contributed by atoms with Gasteiger partial charge >= 0.3 is 0 Å². The van der Waals surface area contributed by atoms with E-state index in [1.165, 1.54) is 5.56 Å². The molecule has 3 heterocycles. The second-order valence-electron chi connectivity index (χ2n) is 9.63. The fourth-order valence-electron chi connectivity index (χ4n) is 5.06. The summed E-state index contributed by atoms with van der Waals surface area (Å²) in [4.78, 5) is 20.2. The van der Waals surface area contributed by atoms with E-state index < -0.39 is 10.0 Å². The van der Waals surface area contributed by atoms with Crippen molar-refractivity contribution in [3.05, 3.63) is 65.7 Å². The summed E-state index contributed by atoms with van der Waals surface area (Å²) in [5.41, 5.74) is 3.05. The van der Waals surface area contributed by atoms with Crippen LogP contribution in [0.5, 0.6) is 0 Å². The standard InChI is InChI=1S/C27H32N4O3S/c1-20-6-4-7-21(16-20)18-28-27(32)23-8-5-13-30(19-23)26-12-9-22-17-24(10-11-25(22)29-26)35(33,34)31-14-2-3-15-31/h4,6-7,9-12,16-17,23H,2-3,5,8,13-15,18-19H2,1H3,(H,28,32). The number of pyridine rings is 1. The Morgan fingerprint density at radius 3 is 2.66 bits per heavy atom. The molecule has 2 aliphatic heterocycles. The molecule has 1 unspecified atom stereocenters. The maximum atomic E-state index is 12.9. The number of aryl methyl sites for hydroxylation is 1. The van der Waals surface area contributed by atoms with Gasteiger partial charge in [-0.2, -0.15) is 4.31 Å². The molecule has 3 aromatic rings. The van der Waals surface area contributed by atoms with Gasteiger partial charge in [-0.15, -0.1) is 0 Å². The minimum atomic E-state index is -3.45. The van der Waals surface area contributed by atoms with Crippen LogP contribution in [-0.2, 0) is 21.4 Å². The molecule has 0 radical (unpaired) electrons. The normalized spacial score (nSPS) is 19.2. The number of nitrogens with one attached hydrogen (secondary N) is 1. The van der Waals surface area contributed by atoms with E-state index in [0.29, 0.717) is 31.1 Å². The predicted molar refractivity (Wildman–Crippen MR) is 138 cm³/mol. The van der Waals surface area contributed by atoms with Gasteiger partial charge in [0.25, 0.3) is 0 Å². The van der Waals surface area contributed by atoms with Crippen molar-refractivity contribution in [1.82, 2.24) is 14.6 Å². The lowest BCUT2D eigenvalue weighted by molar-refractivity contribution is -0.125. The Morgan fingerprint density at radius 1 is 1.03 bits per heavy atom. The molecule has 0 spiro atoms. The SMILES string of the molecule is Cc1cccc(CNC(=O)C2CCCN(c3ccc4cc(S(=O)(=O)N5CCCC5)ccc4n3)C2)c1. The van der Waals surface area contributed by atoms with Crippen LogP contribution in [0.2, 0.25) is 0 Å².